The minimum absolute atomic E-state index is 0.0977. The zero-order valence-electron chi connectivity index (χ0n) is 11.3. The number of aromatic amines is 1. The molecule has 1 N–H and O–H groups in total. The quantitative estimate of drug-likeness (QED) is 0.706. The Morgan fingerprint density at radius 2 is 1.95 bits per heavy atom. The Balaban J connectivity index is 2.24. The van der Waals surface area contributed by atoms with Crippen molar-refractivity contribution >= 4 is 32.6 Å². The van der Waals surface area contributed by atoms with Crippen molar-refractivity contribution < 1.29 is 4.79 Å². The smallest absolute Gasteiger partial charge is 0.196 e. The summed E-state index contributed by atoms with van der Waals surface area (Å²) in [6.45, 7) is 1.94. The third-order valence-electron chi connectivity index (χ3n) is 3.51. The molecule has 4 heteroatoms. The maximum absolute atomic E-state index is 12.8. The van der Waals surface area contributed by atoms with Crippen molar-refractivity contribution in [2.24, 2.45) is 0 Å². The van der Waals surface area contributed by atoms with E-state index in [1.54, 1.807) is 24.4 Å². The fourth-order valence-electron chi connectivity index (χ4n) is 2.42. The lowest BCUT2D eigenvalue weighted by atomic mass is 9.99. The van der Waals surface area contributed by atoms with Crippen LogP contribution in [0.5, 0.6) is 0 Å². The number of hydrogen-bond acceptors (Lipinski definition) is 2. The average Bonchev–Trinajstić information content (AvgIpc) is 2.93. The van der Waals surface area contributed by atoms with Gasteiger partial charge < -0.3 is 4.98 Å². The molecule has 0 bridgehead atoms. The van der Waals surface area contributed by atoms with Crippen molar-refractivity contribution in [2.75, 3.05) is 0 Å². The molecule has 102 valence electrons. The number of rotatable bonds is 2. The third-order valence-corrected chi connectivity index (χ3v) is 4.56. The van der Waals surface area contributed by atoms with Gasteiger partial charge in [0, 0.05) is 32.7 Å². The molecular weight excluding hydrogens is 328 g/mol. The van der Waals surface area contributed by atoms with Gasteiger partial charge in [0.1, 0.15) is 0 Å². The number of carbonyl (C=O) groups excluding carboxylic acids is 1. The van der Waals surface area contributed by atoms with Gasteiger partial charge in [0.05, 0.1) is 11.6 Å². The molecule has 0 aliphatic rings. The summed E-state index contributed by atoms with van der Waals surface area (Å²) in [5.74, 6) is -0.0977. The van der Waals surface area contributed by atoms with Gasteiger partial charge in [0.2, 0.25) is 0 Å². The summed E-state index contributed by atoms with van der Waals surface area (Å²) >= 11 is 3.47. The van der Waals surface area contributed by atoms with Gasteiger partial charge in [-0.05, 0) is 46.6 Å². The number of H-pyrrole nitrogens is 1. The molecule has 21 heavy (non-hydrogen) atoms. The van der Waals surface area contributed by atoms with Crippen molar-refractivity contribution in [3.05, 3.63) is 69.3 Å². The molecule has 0 radical (unpaired) electrons. The molecule has 0 aliphatic carbocycles. The first kappa shape index (κ1) is 13.6. The summed E-state index contributed by atoms with van der Waals surface area (Å²) in [6, 6.07) is 13.1. The minimum Gasteiger partial charge on any atom is -0.360 e. The van der Waals surface area contributed by atoms with Gasteiger partial charge >= 0.3 is 0 Å². The molecule has 0 amide bonds. The van der Waals surface area contributed by atoms with Crippen molar-refractivity contribution in [1.29, 1.82) is 5.26 Å². The molecule has 0 unspecified atom stereocenters. The maximum Gasteiger partial charge on any atom is 0.196 e. The molecule has 2 aromatic carbocycles. The lowest BCUT2D eigenvalue weighted by Crippen LogP contribution is -2.03. The van der Waals surface area contributed by atoms with Crippen LogP contribution in [-0.2, 0) is 0 Å². The maximum atomic E-state index is 12.8. The van der Waals surface area contributed by atoms with Gasteiger partial charge in [-0.1, -0.05) is 18.2 Å². The Bertz CT molecular complexity index is 903. The van der Waals surface area contributed by atoms with Crippen LogP contribution < -0.4 is 0 Å². The van der Waals surface area contributed by atoms with Crippen LogP contribution in [0, 0.1) is 18.3 Å². The normalized spacial score (nSPS) is 10.5. The largest absolute Gasteiger partial charge is 0.360 e. The first-order chi connectivity index (χ1) is 10.1. The molecule has 1 aromatic heterocycles. The number of halogens is 1. The van der Waals surface area contributed by atoms with E-state index >= 15 is 0 Å². The molecule has 0 saturated heterocycles. The van der Waals surface area contributed by atoms with Gasteiger partial charge in [-0.3, -0.25) is 4.79 Å². The monoisotopic (exact) mass is 338 g/mol. The second kappa shape index (κ2) is 5.19. The van der Waals surface area contributed by atoms with Crippen molar-refractivity contribution in [3.63, 3.8) is 0 Å². The third kappa shape index (κ3) is 2.16. The summed E-state index contributed by atoms with van der Waals surface area (Å²) in [5, 5.41) is 9.92. The van der Waals surface area contributed by atoms with Crippen LogP contribution in [0.3, 0.4) is 0 Å². The molecule has 0 fully saturated rings. The number of aryl methyl sites for hydroxylation is 1. The number of nitriles is 1. The summed E-state index contributed by atoms with van der Waals surface area (Å²) < 4.78 is 0.791. The van der Waals surface area contributed by atoms with E-state index in [1.165, 1.54) is 0 Å². The average molecular weight is 339 g/mol. The lowest BCUT2D eigenvalue weighted by molar-refractivity contribution is 0.103. The first-order valence-electron chi connectivity index (χ1n) is 6.43. The van der Waals surface area contributed by atoms with Crippen LogP contribution >= 0.6 is 15.9 Å². The number of nitrogens with zero attached hydrogens (tertiary/aromatic N) is 1. The number of aromatic nitrogens is 1. The molecule has 0 spiro atoms. The van der Waals surface area contributed by atoms with Gasteiger partial charge in [0.15, 0.2) is 5.78 Å². The van der Waals surface area contributed by atoms with Crippen LogP contribution in [0.25, 0.3) is 10.9 Å². The van der Waals surface area contributed by atoms with Gasteiger partial charge in [-0.15, -0.1) is 0 Å². The van der Waals surface area contributed by atoms with E-state index in [0.29, 0.717) is 22.1 Å². The number of ketones is 1. The fraction of sp³-hybridized carbons (Fsp3) is 0.0588. The van der Waals surface area contributed by atoms with E-state index in [9.17, 15) is 10.1 Å². The van der Waals surface area contributed by atoms with Crippen LogP contribution in [0.1, 0.15) is 27.0 Å². The number of fused-ring (bicyclic) bond motifs is 1. The van der Waals surface area contributed by atoms with Crippen molar-refractivity contribution in [2.45, 2.75) is 6.92 Å². The predicted octanol–water partition coefficient (Wildman–Crippen LogP) is 4.34. The SMILES string of the molecule is Cc1cccc(C(=O)c2c[nH]c3cccc(C#N)c23)c1Br. The Morgan fingerprint density at radius 1 is 1.19 bits per heavy atom. The molecule has 1 heterocycles. The second-order valence-corrected chi connectivity index (χ2v) is 5.60. The van der Waals surface area contributed by atoms with Crippen LogP contribution in [0.15, 0.2) is 47.1 Å². The highest BCUT2D eigenvalue weighted by Gasteiger charge is 2.19. The molecule has 3 rings (SSSR count). The van der Waals surface area contributed by atoms with E-state index in [-0.39, 0.29) is 5.78 Å². The lowest BCUT2D eigenvalue weighted by Gasteiger charge is -2.06. The number of nitrogens with one attached hydrogen (secondary N) is 1. The fourth-order valence-corrected chi connectivity index (χ4v) is 2.87. The molecule has 3 aromatic rings. The second-order valence-electron chi connectivity index (χ2n) is 4.81. The van der Waals surface area contributed by atoms with E-state index in [0.717, 1.165) is 15.6 Å². The molecular formula is C17H11BrN2O. The van der Waals surface area contributed by atoms with Crippen molar-refractivity contribution in [3.8, 4) is 6.07 Å². The highest BCUT2D eigenvalue weighted by molar-refractivity contribution is 9.10. The highest BCUT2D eigenvalue weighted by atomic mass is 79.9. The van der Waals surface area contributed by atoms with Crippen LogP contribution in [0.4, 0.5) is 0 Å². The molecule has 0 aliphatic heterocycles. The Hall–Kier alpha value is -2.38. The van der Waals surface area contributed by atoms with E-state index in [1.807, 2.05) is 25.1 Å². The number of benzene rings is 2. The first-order valence-corrected chi connectivity index (χ1v) is 7.23. The molecule has 3 nitrogen and oxygen atoms in total. The van der Waals surface area contributed by atoms with Crippen LogP contribution in [0.2, 0.25) is 0 Å². The van der Waals surface area contributed by atoms with Crippen molar-refractivity contribution in [1.82, 2.24) is 4.98 Å². The predicted molar refractivity (Wildman–Crippen MR) is 85.3 cm³/mol. The Labute approximate surface area is 130 Å². The van der Waals surface area contributed by atoms with Gasteiger partial charge in [-0.25, -0.2) is 0 Å². The zero-order valence-corrected chi connectivity index (χ0v) is 12.9. The topological polar surface area (TPSA) is 56.6 Å². The summed E-state index contributed by atoms with van der Waals surface area (Å²) in [4.78, 5) is 15.9. The van der Waals surface area contributed by atoms with Gasteiger partial charge in [0.25, 0.3) is 0 Å². The zero-order chi connectivity index (χ0) is 15.0. The number of carbonyl (C=O) groups is 1. The molecule has 0 saturated carbocycles. The minimum atomic E-state index is -0.0977. The highest BCUT2D eigenvalue weighted by Crippen LogP contribution is 2.28. The summed E-state index contributed by atoms with van der Waals surface area (Å²) in [7, 11) is 0. The standard InChI is InChI=1S/C17H11BrN2O/c1-10-4-2-6-12(16(10)18)17(21)13-9-20-14-7-3-5-11(8-19)15(13)14/h2-7,9,20H,1H3. The molecule has 0 atom stereocenters. The summed E-state index contributed by atoms with van der Waals surface area (Å²) in [6.07, 6.45) is 1.67. The number of hydrogen-bond donors (Lipinski definition) is 1. The summed E-state index contributed by atoms with van der Waals surface area (Å²) in [5.41, 5.74) is 3.42. The Kier molecular flexibility index (Phi) is 3.36. The van der Waals surface area contributed by atoms with Gasteiger partial charge in [-0.2, -0.15) is 5.26 Å². The van der Waals surface area contributed by atoms with Crippen LogP contribution in [-0.4, -0.2) is 10.8 Å². The van der Waals surface area contributed by atoms with E-state index in [4.69, 9.17) is 0 Å². The van der Waals surface area contributed by atoms with E-state index < -0.39 is 0 Å². The van der Waals surface area contributed by atoms with E-state index in [2.05, 4.69) is 27.0 Å². The Morgan fingerprint density at radius 3 is 2.71 bits per heavy atom.